The molecule has 1 aliphatic rings. The van der Waals surface area contributed by atoms with Gasteiger partial charge in [0.2, 0.25) is 5.88 Å². The summed E-state index contributed by atoms with van der Waals surface area (Å²) in [4.78, 5) is 12.8. The molecule has 0 radical (unpaired) electrons. The first kappa shape index (κ1) is 30.0. The van der Waals surface area contributed by atoms with Crippen molar-refractivity contribution in [1.29, 1.82) is 5.26 Å². The summed E-state index contributed by atoms with van der Waals surface area (Å²) in [5.74, 6) is 0.733. The van der Waals surface area contributed by atoms with E-state index in [4.69, 9.17) is 29.4 Å². The van der Waals surface area contributed by atoms with Crippen molar-refractivity contribution in [3.8, 4) is 34.8 Å². The molecule has 0 aromatic heterocycles. The van der Waals surface area contributed by atoms with Crippen LogP contribution < -0.4 is 29.4 Å². The van der Waals surface area contributed by atoms with Crippen molar-refractivity contribution in [3.63, 3.8) is 0 Å². The van der Waals surface area contributed by atoms with Crippen LogP contribution in [-0.2, 0) is 6.61 Å². The number of hydrogen-bond acceptors (Lipinski definition) is 8. The molecule has 5 rings (SSSR count). The van der Waals surface area contributed by atoms with Crippen molar-refractivity contribution in [2.75, 3.05) is 6.61 Å². The van der Waals surface area contributed by atoms with Crippen LogP contribution in [0.5, 0.6) is 28.7 Å². The Bertz CT molecular complexity index is 1730. The zero-order valence-corrected chi connectivity index (χ0v) is 24.5. The highest BCUT2D eigenvalue weighted by molar-refractivity contribution is 5.91. The molecule has 224 valence electrons. The molecule has 8 nitrogen and oxygen atoms in total. The molecule has 0 bridgehead atoms. The van der Waals surface area contributed by atoms with E-state index in [2.05, 4.69) is 6.07 Å². The highest BCUT2D eigenvalue weighted by atomic mass is 19.1. The van der Waals surface area contributed by atoms with Crippen LogP contribution in [0.1, 0.15) is 53.7 Å². The van der Waals surface area contributed by atoms with Gasteiger partial charge in [0.15, 0.2) is 11.5 Å². The zero-order valence-electron chi connectivity index (χ0n) is 24.5. The summed E-state index contributed by atoms with van der Waals surface area (Å²) < 4.78 is 42.2. The molecule has 9 heteroatoms. The molecule has 0 saturated carbocycles. The van der Waals surface area contributed by atoms with Gasteiger partial charge in [-0.1, -0.05) is 24.3 Å². The van der Waals surface area contributed by atoms with Crippen molar-refractivity contribution >= 4 is 5.97 Å². The maximum Gasteiger partial charge on any atom is 0.343 e. The van der Waals surface area contributed by atoms with Crippen LogP contribution in [-0.4, -0.2) is 18.7 Å². The number of allylic oxidation sites excluding steroid dienone is 1. The summed E-state index contributed by atoms with van der Waals surface area (Å²) in [6.45, 7) is 6.30. The minimum Gasteiger partial charge on any atom is -0.491 e. The number of carbonyl (C=O) groups is 1. The number of ether oxygens (including phenoxy) is 5. The summed E-state index contributed by atoms with van der Waals surface area (Å²) in [6, 6.07) is 25.3. The molecule has 0 aliphatic carbocycles. The van der Waals surface area contributed by atoms with E-state index in [1.54, 1.807) is 66.7 Å². The molecule has 1 unspecified atom stereocenters. The molecule has 0 amide bonds. The van der Waals surface area contributed by atoms with E-state index in [9.17, 15) is 14.4 Å². The molecule has 0 saturated heterocycles. The number of benzene rings is 4. The monoisotopic (exact) mass is 594 g/mol. The van der Waals surface area contributed by atoms with Gasteiger partial charge < -0.3 is 29.4 Å². The Balaban J connectivity index is 1.40. The first-order valence-corrected chi connectivity index (χ1v) is 14.1. The smallest absolute Gasteiger partial charge is 0.343 e. The summed E-state index contributed by atoms with van der Waals surface area (Å²) in [6.07, 6.45) is 0.0139. The van der Waals surface area contributed by atoms with Crippen molar-refractivity contribution in [1.82, 2.24) is 0 Å². The third kappa shape index (κ3) is 6.76. The molecule has 1 heterocycles. The fourth-order valence-electron chi connectivity index (χ4n) is 4.78. The number of nitriles is 1. The van der Waals surface area contributed by atoms with Gasteiger partial charge in [0.05, 0.1) is 24.2 Å². The molecule has 4 aromatic rings. The SMILES string of the molecule is CCOc1cc(C2C(C#N)=C(N)Oc3cc(OC(=O)c4ccc(OC(C)C)cc4)ccc32)ccc1OCc1ccc(F)cc1. The van der Waals surface area contributed by atoms with Crippen molar-refractivity contribution in [2.45, 2.75) is 39.4 Å². The predicted octanol–water partition coefficient (Wildman–Crippen LogP) is 7.03. The van der Waals surface area contributed by atoms with Crippen LogP contribution in [0.15, 0.2) is 96.4 Å². The minimum atomic E-state index is -0.577. The molecule has 1 aliphatic heterocycles. The Kier molecular flexibility index (Phi) is 9.01. The molecule has 0 spiro atoms. The maximum atomic E-state index is 13.3. The molecule has 2 N–H and O–H groups in total. The second kappa shape index (κ2) is 13.2. The van der Waals surface area contributed by atoms with Gasteiger partial charge in [0.25, 0.3) is 0 Å². The van der Waals surface area contributed by atoms with Crippen LogP contribution in [0.25, 0.3) is 0 Å². The Hall–Kier alpha value is -5.49. The Morgan fingerprint density at radius 2 is 1.68 bits per heavy atom. The van der Waals surface area contributed by atoms with Gasteiger partial charge in [0.1, 0.15) is 41.3 Å². The van der Waals surface area contributed by atoms with E-state index in [0.29, 0.717) is 40.7 Å². The predicted molar refractivity (Wildman–Crippen MR) is 161 cm³/mol. The quantitative estimate of drug-likeness (QED) is 0.154. The van der Waals surface area contributed by atoms with Gasteiger partial charge in [-0.25, -0.2) is 9.18 Å². The first-order chi connectivity index (χ1) is 21.2. The second-order valence-corrected chi connectivity index (χ2v) is 10.3. The van der Waals surface area contributed by atoms with Gasteiger partial charge in [-0.2, -0.15) is 5.26 Å². The lowest BCUT2D eigenvalue weighted by molar-refractivity contribution is 0.0734. The normalized spacial score (nSPS) is 13.9. The summed E-state index contributed by atoms with van der Waals surface area (Å²) in [7, 11) is 0. The van der Waals surface area contributed by atoms with E-state index in [-0.39, 0.29) is 35.7 Å². The van der Waals surface area contributed by atoms with E-state index in [1.807, 2.05) is 26.8 Å². The first-order valence-electron chi connectivity index (χ1n) is 14.1. The van der Waals surface area contributed by atoms with E-state index >= 15 is 0 Å². The lowest BCUT2D eigenvalue weighted by atomic mass is 9.83. The van der Waals surface area contributed by atoms with Crippen LogP contribution in [0.4, 0.5) is 4.39 Å². The summed E-state index contributed by atoms with van der Waals surface area (Å²) >= 11 is 0. The Morgan fingerprint density at radius 3 is 2.36 bits per heavy atom. The third-order valence-corrected chi connectivity index (χ3v) is 6.77. The number of nitrogens with two attached hydrogens (primary N) is 1. The van der Waals surface area contributed by atoms with Crippen molar-refractivity contribution in [2.24, 2.45) is 5.73 Å². The number of nitrogens with zero attached hydrogens (tertiary/aromatic N) is 1. The van der Waals surface area contributed by atoms with Crippen LogP contribution in [0.2, 0.25) is 0 Å². The van der Waals surface area contributed by atoms with Gasteiger partial charge in [-0.3, -0.25) is 0 Å². The number of carbonyl (C=O) groups excluding carboxylic acids is 1. The molecular weight excluding hydrogens is 563 g/mol. The number of halogens is 1. The van der Waals surface area contributed by atoms with Crippen LogP contribution in [0.3, 0.4) is 0 Å². The minimum absolute atomic E-state index is 0.0139. The third-order valence-electron chi connectivity index (χ3n) is 6.77. The molecule has 0 fully saturated rings. The number of rotatable bonds is 10. The fourth-order valence-corrected chi connectivity index (χ4v) is 4.78. The average Bonchev–Trinajstić information content (AvgIpc) is 3.00. The molecular formula is C35H31FN2O6. The number of esters is 1. The highest BCUT2D eigenvalue weighted by Crippen LogP contribution is 2.45. The average molecular weight is 595 g/mol. The van der Waals surface area contributed by atoms with E-state index in [1.165, 1.54) is 12.1 Å². The van der Waals surface area contributed by atoms with Gasteiger partial charge >= 0.3 is 5.97 Å². The standard InChI is InChI=1S/C35H31FN2O6/c1-4-40-32-17-24(9-16-30(32)41-20-22-5-10-25(36)11-6-22)33-28-15-14-27(18-31(28)44-34(38)29(33)19-37)43-35(39)23-7-12-26(13-8-23)42-21(2)3/h5-18,21,33H,4,20,38H2,1-3H3. The topological polar surface area (TPSA) is 113 Å². The van der Waals surface area contributed by atoms with Gasteiger partial charge in [0, 0.05) is 11.6 Å². The Morgan fingerprint density at radius 1 is 0.955 bits per heavy atom. The highest BCUT2D eigenvalue weighted by Gasteiger charge is 2.32. The largest absolute Gasteiger partial charge is 0.491 e. The lowest BCUT2D eigenvalue weighted by Gasteiger charge is -2.27. The summed E-state index contributed by atoms with van der Waals surface area (Å²) in [5, 5.41) is 10.0. The maximum absolute atomic E-state index is 13.3. The zero-order chi connectivity index (χ0) is 31.2. The van der Waals surface area contributed by atoms with Crippen molar-refractivity contribution < 1.29 is 32.9 Å². The van der Waals surface area contributed by atoms with E-state index < -0.39 is 11.9 Å². The second-order valence-electron chi connectivity index (χ2n) is 10.3. The van der Waals surface area contributed by atoms with Gasteiger partial charge in [-0.15, -0.1) is 0 Å². The van der Waals surface area contributed by atoms with E-state index in [0.717, 1.165) is 11.1 Å². The van der Waals surface area contributed by atoms with Crippen LogP contribution in [0, 0.1) is 17.1 Å². The number of hydrogen-bond donors (Lipinski definition) is 1. The van der Waals surface area contributed by atoms with Crippen LogP contribution >= 0.6 is 0 Å². The molecule has 4 aromatic carbocycles. The van der Waals surface area contributed by atoms with Crippen molar-refractivity contribution in [3.05, 3.63) is 124 Å². The van der Waals surface area contributed by atoms with Gasteiger partial charge in [-0.05, 0) is 86.5 Å². The fraction of sp³-hybridized carbons (Fsp3) is 0.200. The molecule has 44 heavy (non-hydrogen) atoms. The molecule has 1 atom stereocenters. The Labute approximate surface area is 255 Å². The lowest BCUT2D eigenvalue weighted by Crippen LogP contribution is -2.21. The number of fused-ring (bicyclic) bond motifs is 1. The summed E-state index contributed by atoms with van der Waals surface area (Å²) in [5.41, 5.74) is 8.97.